The fourth-order valence-corrected chi connectivity index (χ4v) is 4.80. The van der Waals surface area contributed by atoms with Crippen LogP contribution in [0.5, 0.6) is 5.75 Å². The Balaban J connectivity index is 1.34. The molecule has 0 aliphatic rings. The first-order chi connectivity index (χ1) is 17.7. The van der Waals surface area contributed by atoms with Crippen molar-refractivity contribution in [2.24, 2.45) is 0 Å². The summed E-state index contributed by atoms with van der Waals surface area (Å²) in [5, 5.41) is 18.4. The van der Waals surface area contributed by atoms with Crippen LogP contribution in [0.4, 0.5) is 0 Å². The molecule has 0 fully saturated rings. The van der Waals surface area contributed by atoms with Crippen LogP contribution in [0, 0.1) is 0 Å². The predicted octanol–water partition coefficient (Wildman–Crippen LogP) is 4.44. The van der Waals surface area contributed by atoms with Crippen LogP contribution in [-0.2, 0) is 12.3 Å². The molecule has 0 spiro atoms. The summed E-state index contributed by atoms with van der Waals surface area (Å²) >= 11 is 1.42. The Labute approximate surface area is 209 Å². The first-order valence-corrected chi connectivity index (χ1v) is 12.2. The van der Waals surface area contributed by atoms with E-state index in [0.717, 1.165) is 22.4 Å². The number of benzene rings is 3. The van der Waals surface area contributed by atoms with Crippen molar-refractivity contribution in [3.8, 4) is 17.2 Å². The van der Waals surface area contributed by atoms with E-state index >= 15 is 0 Å². The van der Waals surface area contributed by atoms with Crippen molar-refractivity contribution in [2.45, 2.75) is 17.5 Å². The van der Waals surface area contributed by atoms with Crippen molar-refractivity contribution in [3.63, 3.8) is 0 Å². The van der Waals surface area contributed by atoms with Gasteiger partial charge in [0.1, 0.15) is 5.75 Å². The Morgan fingerprint density at radius 3 is 2.47 bits per heavy atom. The van der Waals surface area contributed by atoms with E-state index in [0.29, 0.717) is 40.4 Å². The zero-order chi connectivity index (χ0) is 24.5. The van der Waals surface area contributed by atoms with E-state index in [1.54, 1.807) is 11.7 Å². The maximum atomic E-state index is 13.3. The van der Waals surface area contributed by atoms with Gasteiger partial charge in [0.2, 0.25) is 17.6 Å². The molecule has 0 N–H and O–H groups in total. The second-order valence-corrected chi connectivity index (χ2v) is 8.97. The molecule has 9 nitrogen and oxygen atoms in total. The summed E-state index contributed by atoms with van der Waals surface area (Å²) in [5.74, 6) is 2.53. The molecule has 6 aromatic rings. The van der Waals surface area contributed by atoms with Gasteiger partial charge in [0, 0.05) is 5.56 Å². The molecule has 3 aromatic heterocycles. The van der Waals surface area contributed by atoms with Crippen molar-refractivity contribution in [2.75, 3.05) is 7.11 Å². The second-order valence-electron chi connectivity index (χ2n) is 8.03. The number of nitrogens with zero attached hydrogens (tertiary/aromatic N) is 6. The summed E-state index contributed by atoms with van der Waals surface area (Å²) < 4.78 is 14.6. The molecular formula is C26H20N6O3S. The SMILES string of the molecule is COc1ccc(-c2nnc(CSc3nnc4n(Cc5ccccc5)c(=O)c5ccccc5n34)o2)cc1. The van der Waals surface area contributed by atoms with Crippen LogP contribution in [0.3, 0.4) is 0 Å². The smallest absolute Gasteiger partial charge is 0.263 e. The van der Waals surface area contributed by atoms with Gasteiger partial charge in [-0.15, -0.1) is 20.4 Å². The molecule has 0 saturated carbocycles. The second kappa shape index (κ2) is 9.31. The van der Waals surface area contributed by atoms with Gasteiger partial charge < -0.3 is 9.15 Å². The number of hydrogen-bond donors (Lipinski definition) is 0. The molecule has 3 aromatic carbocycles. The average Bonchev–Trinajstić information content (AvgIpc) is 3.58. The van der Waals surface area contributed by atoms with Gasteiger partial charge in [0.25, 0.3) is 5.56 Å². The first kappa shape index (κ1) is 22.1. The molecule has 0 unspecified atom stereocenters. The zero-order valence-electron chi connectivity index (χ0n) is 19.2. The average molecular weight is 497 g/mol. The van der Waals surface area contributed by atoms with E-state index in [2.05, 4.69) is 20.4 Å². The Kier molecular flexibility index (Phi) is 5.70. The van der Waals surface area contributed by atoms with Gasteiger partial charge in [-0.2, -0.15) is 0 Å². The summed E-state index contributed by atoms with van der Waals surface area (Å²) in [7, 11) is 1.62. The summed E-state index contributed by atoms with van der Waals surface area (Å²) in [5.41, 5.74) is 2.46. The third kappa shape index (κ3) is 4.01. The number of fused-ring (bicyclic) bond motifs is 3. The van der Waals surface area contributed by atoms with Gasteiger partial charge >= 0.3 is 0 Å². The van der Waals surface area contributed by atoms with Crippen LogP contribution < -0.4 is 10.3 Å². The summed E-state index contributed by atoms with van der Waals surface area (Å²) in [4.78, 5) is 13.3. The largest absolute Gasteiger partial charge is 0.497 e. The number of methoxy groups -OCH3 is 1. The Morgan fingerprint density at radius 1 is 0.889 bits per heavy atom. The molecule has 0 aliphatic carbocycles. The van der Waals surface area contributed by atoms with Gasteiger partial charge in [-0.1, -0.05) is 54.2 Å². The third-order valence-corrected chi connectivity index (χ3v) is 6.70. The van der Waals surface area contributed by atoms with Crippen LogP contribution >= 0.6 is 11.8 Å². The predicted molar refractivity (Wildman–Crippen MR) is 136 cm³/mol. The monoisotopic (exact) mass is 496 g/mol. The maximum absolute atomic E-state index is 13.3. The number of para-hydroxylation sites is 1. The Bertz CT molecular complexity index is 1720. The van der Waals surface area contributed by atoms with E-state index in [9.17, 15) is 4.79 Å². The molecule has 0 amide bonds. The van der Waals surface area contributed by atoms with Crippen molar-refractivity contribution in [1.82, 2.24) is 29.4 Å². The fourth-order valence-electron chi connectivity index (χ4n) is 4.02. The summed E-state index contributed by atoms with van der Waals surface area (Å²) in [6, 6.07) is 24.7. The molecule has 0 atom stereocenters. The Morgan fingerprint density at radius 2 is 1.67 bits per heavy atom. The molecule has 0 saturated heterocycles. The van der Waals surface area contributed by atoms with Crippen LogP contribution in [-0.4, -0.2) is 36.5 Å². The van der Waals surface area contributed by atoms with Crippen molar-refractivity contribution < 1.29 is 9.15 Å². The minimum absolute atomic E-state index is 0.105. The van der Waals surface area contributed by atoms with Crippen molar-refractivity contribution in [3.05, 3.63) is 101 Å². The highest BCUT2D eigenvalue weighted by Crippen LogP contribution is 2.27. The van der Waals surface area contributed by atoms with Crippen LogP contribution in [0.1, 0.15) is 11.5 Å². The molecule has 0 bridgehead atoms. The van der Waals surface area contributed by atoms with Crippen LogP contribution in [0.2, 0.25) is 0 Å². The zero-order valence-corrected chi connectivity index (χ0v) is 20.1. The molecule has 178 valence electrons. The minimum Gasteiger partial charge on any atom is -0.497 e. The summed E-state index contributed by atoms with van der Waals surface area (Å²) in [6.45, 7) is 0.395. The maximum Gasteiger partial charge on any atom is 0.263 e. The first-order valence-electron chi connectivity index (χ1n) is 11.2. The van der Waals surface area contributed by atoms with Gasteiger partial charge in [-0.05, 0) is 42.0 Å². The van der Waals surface area contributed by atoms with E-state index in [1.807, 2.05) is 83.3 Å². The van der Waals surface area contributed by atoms with Gasteiger partial charge in [-0.25, -0.2) is 0 Å². The lowest BCUT2D eigenvalue weighted by molar-refractivity contribution is 0.415. The number of aromatic nitrogens is 6. The quantitative estimate of drug-likeness (QED) is 0.299. The van der Waals surface area contributed by atoms with Gasteiger partial charge in [0.15, 0.2) is 5.16 Å². The molecule has 0 radical (unpaired) electrons. The van der Waals surface area contributed by atoms with E-state index in [-0.39, 0.29) is 5.56 Å². The molecule has 6 rings (SSSR count). The highest BCUT2D eigenvalue weighted by Gasteiger charge is 2.18. The topological polar surface area (TPSA) is 100 Å². The lowest BCUT2D eigenvalue weighted by Crippen LogP contribution is -2.24. The molecule has 36 heavy (non-hydrogen) atoms. The van der Waals surface area contributed by atoms with Gasteiger partial charge in [0.05, 0.1) is 30.3 Å². The minimum atomic E-state index is -0.105. The molecule has 0 aliphatic heterocycles. The number of ether oxygens (including phenoxy) is 1. The van der Waals surface area contributed by atoms with Crippen LogP contribution in [0.25, 0.3) is 28.1 Å². The van der Waals surface area contributed by atoms with E-state index < -0.39 is 0 Å². The standard InChI is InChI=1S/C26H20N6O3S/c1-34-19-13-11-18(12-14-19)23-28-27-22(35-23)16-36-26-30-29-25-31(15-17-7-3-2-4-8-17)24(33)20-9-5-6-10-21(20)32(25)26/h2-14H,15-16H2,1H3. The number of hydrogen-bond acceptors (Lipinski definition) is 8. The van der Waals surface area contributed by atoms with E-state index in [1.165, 1.54) is 11.8 Å². The lowest BCUT2D eigenvalue weighted by Gasteiger charge is -2.11. The lowest BCUT2D eigenvalue weighted by atomic mass is 10.2. The summed E-state index contributed by atoms with van der Waals surface area (Å²) in [6.07, 6.45) is 0. The number of rotatable bonds is 7. The highest BCUT2D eigenvalue weighted by atomic mass is 32.2. The van der Waals surface area contributed by atoms with Crippen molar-refractivity contribution in [1.29, 1.82) is 0 Å². The third-order valence-electron chi connectivity index (χ3n) is 5.79. The Hall–Kier alpha value is -4.44. The molecule has 10 heteroatoms. The molecular weight excluding hydrogens is 476 g/mol. The normalized spacial score (nSPS) is 11.4. The molecule has 3 heterocycles. The van der Waals surface area contributed by atoms with E-state index in [4.69, 9.17) is 9.15 Å². The van der Waals surface area contributed by atoms with Crippen molar-refractivity contribution >= 4 is 28.4 Å². The number of thioether (sulfide) groups is 1. The van der Waals surface area contributed by atoms with Gasteiger partial charge in [-0.3, -0.25) is 13.8 Å². The highest BCUT2D eigenvalue weighted by molar-refractivity contribution is 7.98. The van der Waals surface area contributed by atoms with Crippen LogP contribution in [0.15, 0.2) is 93.2 Å². The fraction of sp³-hybridized carbons (Fsp3) is 0.115.